The average molecular weight is 273 g/mol. The van der Waals surface area contributed by atoms with Crippen LogP contribution in [0.2, 0.25) is 0 Å². The summed E-state index contributed by atoms with van der Waals surface area (Å²) in [6, 6.07) is 0. The zero-order valence-electron chi connectivity index (χ0n) is 9.71. The first-order chi connectivity index (χ1) is 8.93. The predicted molar refractivity (Wildman–Crippen MR) is 60.3 cm³/mol. The number of halogens is 1. The number of hydrogen-bond acceptors (Lipinski definition) is 5. The molecule has 1 saturated heterocycles. The van der Waals surface area contributed by atoms with Gasteiger partial charge in [-0.2, -0.15) is 0 Å². The first-order valence-corrected chi connectivity index (χ1v) is 5.49. The quantitative estimate of drug-likeness (QED) is 0.602. The fraction of sp³-hybridized carbons (Fsp3) is 0.500. The monoisotopic (exact) mass is 273 g/mol. The molecule has 0 bridgehead atoms. The summed E-state index contributed by atoms with van der Waals surface area (Å²) in [6.45, 7) is -0.529. The van der Waals surface area contributed by atoms with E-state index in [1.54, 1.807) is 0 Å². The van der Waals surface area contributed by atoms with Gasteiger partial charge in [0.15, 0.2) is 0 Å². The second-order valence-corrected chi connectivity index (χ2v) is 4.14. The van der Waals surface area contributed by atoms with Gasteiger partial charge in [0.1, 0.15) is 24.1 Å². The number of carbonyl (C=O) groups excluding carboxylic acids is 1. The average Bonchev–Trinajstić information content (AvgIpc) is 2.69. The Morgan fingerprint density at radius 2 is 2.32 bits per heavy atom. The van der Waals surface area contributed by atoms with Crippen LogP contribution in [0.5, 0.6) is 0 Å². The predicted octanol–water partition coefficient (Wildman–Crippen LogP) is -1.75. The number of nitrogens with zero attached hydrogens (tertiary/aromatic N) is 1. The highest BCUT2D eigenvalue weighted by Crippen LogP contribution is 2.29. The van der Waals surface area contributed by atoms with E-state index in [2.05, 4.69) is 0 Å². The fourth-order valence-corrected chi connectivity index (χ4v) is 1.90. The molecule has 9 heteroatoms. The van der Waals surface area contributed by atoms with Crippen molar-refractivity contribution >= 4 is 5.91 Å². The van der Waals surface area contributed by atoms with E-state index in [4.69, 9.17) is 15.6 Å². The molecule has 0 unspecified atom stereocenters. The molecule has 19 heavy (non-hydrogen) atoms. The van der Waals surface area contributed by atoms with Gasteiger partial charge in [0.2, 0.25) is 0 Å². The molecule has 8 nitrogen and oxygen atoms in total. The van der Waals surface area contributed by atoms with Crippen LogP contribution >= 0.6 is 0 Å². The summed E-state index contributed by atoms with van der Waals surface area (Å²) in [5.41, 5.74) is 2.80. The summed E-state index contributed by atoms with van der Waals surface area (Å²) in [4.78, 5) is 35.8. The maximum atomic E-state index is 13.4. The minimum atomic E-state index is -1.44. The third-order valence-corrected chi connectivity index (χ3v) is 2.89. The second kappa shape index (κ2) is 4.94. The molecule has 3 atom stereocenters. The summed E-state index contributed by atoms with van der Waals surface area (Å²) in [7, 11) is 0. The minimum Gasteiger partial charge on any atom is -0.394 e. The molecule has 1 aromatic heterocycles. The van der Waals surface area contributed by atoms with Gasteiger partial charge in [-0.15, -0.1) is 0 Å². The Kier molecular flexibility index (Phi) is 3.49. The van der Waals surface area contributed by atoms with Crippen LogP contribution in [0.15, 0.2) is 15.8 Å². The minimum absolute atomic E-state index is 0.171. The number of hydrogen-bond donors (Lipinski definition) is 3. The zero-order valence-corrected chi connectivity index (χ0v) is 9.71. The van der Waals surface area contributed by atoms with E-state index >= 15 is 0 Å². The number of amides is 1. The van der Waals surface area contributed by atoms with Crippen LogP contribution in [-0.4, -0.2) is 39.4 Å². The van der Waals surface area contributed by atoms with E-state index in [1.807, 2.05) is 4.98 Å². The van der Waals surface area contributed by atoms with Gasteiger partial charge in [-0.1, -0.05) is 0 Å². The molecule has 1 aromatic rings. The third kappa shape index (κ3) is 2.42. The van der Waals surface area contributed by atoms with Gasteiger partial charge in [0, 0.05) is 12.6 Å². The summed E-state index contributed by atoms with van der Waals surface area (Å²) in [6.07, 6.45) is -2.72. The number of rotatable bonds is 3. The standard InChI is InChI=1S/C10H12FN3O5/c11-5-1-7(19-6(5)3-15)14-2-4(8(12)16)9(17)13-10(14)18/h2,5-7,15H,1,3H2,(H2,12,16)(H,13,17,18)/t5-,6+,7+/m0/s1. The number of carbonyl (C=O) groups is 1. The normalized spacial score (nSPS) is 26.5. The molecule has 0 spiro atoms. The molecule has 1 amide bonds. The van der Waals surface area contributed by atoms with Gasteiger partial charge in [0.25, 0.3) is 11.5 Å². The number of nitrogens with one attached hydrogen (secondary N) is 1. The highest BCUT2D eigenvalue weighted by Gasteiger charge is 2.36. The number of nitrogens with two attached hydrogens (primary N) is 1. The molecule has 2 heterocycles. The van der Waals surface area contributed by atoms with Crippen molar-refractivity contribution in [3.63, 3.8) is 0 Å². The number of aliphatic hydroxyl groups excluding tert-OH is 1. The van der Waals surface area contributed by atoms with E-state index in [9.17, 15) is 18.8 Å². The van der Waals surface area contributed by atoms with E-state index in [0.717, 1.165) is 10.8 Å². The lowest BCUT2D eigenvalue weighted by Gasteiger charge is -2.14. The number of ether oxygens (including phenoxy) is 1. The Balaban J connectivity index is 2.41. The van der Waals surface area contributed by atoms with Gasteiger partial charge in [0.05, 0.1) is 6.61 Å². The number of aliphatic hydroxyl groups is 1. The molecular weight excluding hydrogens is 261 g/mol. The van der Waals surface area contributed by atoms with Crippen LogP contribution in [0.25, 0.3) is 0 Å². The Labute approximate surface area is 105 Å². The second-order valence-electron chi connectivity index (χ2n) is 4.14. The van der Waals surface area contributed by atoms with Crippen molar-refractivity contribution in [3.8, 4) is 0 Å². The molecule has 4 N–H and O–H groups in total. The number of aromatic nitrogens is 2. The summed E-state index contributed by atoms with van der Waals surface area (Å²) < 4.78 is 19.4. The summed E-state index contributed by atoms with van der Waals surface area (Å²) in [5, 5.41) is 8.87. The fourth-order valence-electron chi connectivity index (χ4n) is 1.90. The SMILES string of the molecule is NC(=O)c1cn([C@H]2C[C@H](F)[C@@H](CO)O2)c(=O)[nH]c1=O. The van der Waals surface area contributed by atoms with Crippen molar-refractivity contribution in [1.82, 2.24) is 9.55 Å². The highest BCUT2D eigenvalue weighted by atomic mass is 19.1. The lowest BCUT2D eigenvalue weighted by molar-refractivity contribution is -0.0356. The molecule has 1 fully saturated rings. The van der Waals surface area contributed by atoms with Crippen LogP contribution in [0.4, 0.5) is 4.39 Å². The zero-order chi connectivity index (χ0) is 14.2. The Morgan fingerprint density at radius 3 is 2.84 bits per heavy atom. The van der Waals surface area contributed by atoms with Gasteiger partial charge in [-0.3, -0.25) is 19.1 Å². The number of primary amides is 1. The molecule has 1 aliphatic heterocycles. The van der Waals surface area contributed by atoms with Crippen LogP contribution in [0.3, 0.4) is 0 Å². The molecular formula is C10H12FN3O5. The molecule has 0 saturated carbocycles. The maximum absolute atomic E-state index is 13.4. The topological polar surface area (TPSA) is 127 Å². The molecule has 104 valence electrons. The van der Waals surface area contributed by atoms with Gasteiger partial charge in [-0.25, -0.2) is 9.18 Å². The van der Waals surface area contributed by atoms with Crippen LogP contribution in [-0.2, 0) is 4.74 Å². The summed E-state index contributed by atoms with van der Waals surface area (Å²) >= 11 is 0. The molecule has 0 aromatic carbocycles. The van der Waals surface area contributed by atoms with Crippen LogP contribution in [0, 0.1) is 0 Å². The molecule has 1 aliphatic rings. The van der Waals surface area contributed by atoms with Crippen molar-refractivity contribution in [2.45, 2.75) is 24.9 Å². The summed E-state index contributed by atoms with van der Waals surface area (Å²) in [5.74, 6) is -1.01. The van der Waals surface area contributed by atoms with E-state index in [1.165, 1.54) is 0 Å². The van der Waals surface area contributed by atoms with E-state index in [0.29, 0.717) is 0 Å². The largest absolute Gasteiger partial charge is 0.394 e. The first-order valence-electron chi connectivity index (χ1n) is 5.49. The maximum Gasteiger partial charge on any atom is 0.330 e. The van der Waals surface area contributed by atoms with Crippen molar-refractivity contribution < 1.29 is 19.0 Å². The third-order valence-electron chi connectivity index (χ3n) is 2.89. The number of alkyl halides is 1. The lowest BCUT2D eigenvalue weighted by atomic mass is 10.2. The van der Waals surface area contributed by atoms with Gasteiger partial charge in [-0.05, 0) is 0 Å². The van der Waals surface area contributed by atoms with Crippen LogP contribution in [0.1, 0.15) is 23.0 Å². The van der Waals surface area contributed by atoms with Crippen molar-refractivity contribution in [2.24, 2.45) is 5.73 Å². The number of H-pyrrole nitrogens is 1. The van der Waals surface area contributed by atoms with Gasteiger partial charge < -0.3 is 15.6 Å². The van der Waals surface area contributed by atoms with Crippen LogP contribution < -0.4 is 17.0 Å². The van der Waals surface area contributed by atoms with Crippen molar-refractivity contribution in [2.75, 3.05) is 6.61 Å². The Bertz CT molecular complexity index is 610. The van der Waals surface area contributed by atoms with E-state index < -0.39 is 47.8 Å². The lowest BCUT2D eigenvalue weighted by Crippen LogP contribution is -2.37. The van der Waals surface area contributed by atoms with E-state index in [-0.39, 0.29) is 6.42 Å². The molecule has 0 aliphatic carbocycles. The molecule has 0 radical (unpaired) electrons. The smallest absolute Gasteiger partial charge is 0.330 e. The first kappa shape index (κ1) is 13.4. The van der Waals surface area contributed by atoms with Gasteiger partial charge >= 0.3 is 5.69 Å². The van der Waals surface area contributed by atoms with Crippen molar-refractivity contribution in [3.05, 3.63) is 32.6 Å². The molecule has 2 rings (SSSR count). The Morgan fingerprint density at radius 1 is 1.63 bits per heavy atom. The Hall–Kier alpha value is -2.00. The van der Waals surface area contributed by atoms with Crippen molar-refractivity contribution in [1.29, 1.82) is 0 Å². The number of aromatic amines is 1. The highest BCUT2D eigenvalue weighted by molar-refractivity contribution is 5.91.